The molecule has 1 heterocycles. The smallest absolute Gasteiger partial charge is 0.270 e. The van der Waals surface area contributed by atoms with E-state index in [9.17, 15) is 9.18 Å². The molecule has 2 rings (SSSR count). The maximum atomic E-state index is 13.2. The minimum atomic E-state index is -0.318. The molecule has 1 atom stereocenters. The molecular weight excluding hydrogens is 269 g/mol. The van der Waals surface area contributed by atoms with Crippen LogP contribution in [0, 0.1) is 5.82 Å². The van der Waals surface area contributed by atoms with E-state index in [0.29, 0.717) is 11.3 Å². The molecule has 2 aromatic rings. The summed E-state index contributed by atoms with van der Waals surface area (Å²) in [5.74, 6) is -0.600. The number of anilines is 1. The normalized spacial score (nSPS) is 11.8. The third-order valence-electron chi connectivity index (χ3n) is 3.07. The zero-order chi connectivity index (χ0) is 15.2. The summed E-state index contributed by atoms with van der Waals surface area (Å²) in [4.78, 5) is 16.2. The fraction of sp³-hybridized carbons (Fsp3) is 0.250. The van der Waals surface area contributed by atoms with Crippen LogP contribution in [-0.2, 0) is 0 Å². The first-order chi connectivity index (χ1) is 10.1. The van der Waals surface area contributed by atoms with Crippen molar-refractivity contribution in [3.63, 3.8) is 0 Å². The van der Waals surface area contributed by atoms with E-state index in [0.717, 1.165) is 12.2 Å². The first kappa shape index (κ1) is 15.0. The highest BCUT2D eigenvalue weighted by molar-refractivity contribution is 5.92. The minimum Gasteiger partial charge on any atom is -0.384 e. The fourth-order valence-electron chi connectivity index (χ4n) is 1.97. The largest absolute Gasteiger partial charge is 0.384 e. The van der Waals surface area contributed by atoms with Gasteiger partial charge in [-0.15, -0.1) is 0 Å². The lowest BCUT2D eigenvalue weighted by molar-refractivity contribution is 0.0935. The first-order valence-corrected chi connectivity index (χ1v) is 6.86. The molecule has 1 amide bonds. The first-order valence-electron chi connectivity index (χ1n) is 6.86. The number of rotatable bonds is 5. The number of hydrogen-bond donors (Lipinski definition) is 2. The van der Waals surface area contributed by atoms with Crippen LogP contribution in [0.25, 0.3) is 0 Å². The van der Waals surface area contributed by atoms with E-state index in [1.165, 1.54) is 12.1 Å². The minimum absolute atomic E-state index is 0.283. The summed E-state index contributed by atoms with van der Waals surface area (Å²) < 4.78 is 13.2. The number of amides is 1. The van der Waals surface area contributed by atoms with Crippen molar-refractivity contribution >= 4 is 11.6 Å². The Morgan fingerprint density at radius 1 is 1.33 bits per heavy atom. The molecule has 21 heavy (non-hydrogen) atoms. The molecule has 0 aliphatic heterocycles. The number of aromatic nitrogens is 1. The fourth-order valence-corrected chi connectivity index (χ4v) is 1.97. The Balaban J connectivity index is 2.03. The number of halogens is 1. The van der Waals surface area contributed by atoms with Crippen LogP contribution < -0.4 is 10.6 Å². The summed E-state index contributed by atoms with van der Waals surface area (Å²) >= 11 is 0. The van der Waals surface area contributed by atoms with Crippen LogP contribution in [0.15, 0.2) is 42.6 Å². The van der Waals surface area contributed by atoms with Crippen molar-refractivity contribution in [1.82, 2.24) is 10.3 Å². The van der Waals surface area contributed by atoms with Gasteiger partial charge in [-0.05, 0) is 43.7 Å². The van der Waals surface area contributed by atoms with E-state index in [1.807, 2.05) is 6.92 Å². The Bertz CT molecular complexity index is 613. The Morgan fingerprint density at radius 2 is 2.14 bits per heavy atom. The van der Waals surface area contributed by atoms with Crippen LogP contribution in [0.5, 0.6) is 0 Å². The van der Waals surface area contributed by atoms with E-state index < -0.39 is 0 Å². The molecule has 1 aromatic carbocycles. The Kier molecular flexibility index (Phi) is 4.87. The van der Waals surface area contributed by atoms with Crippen molar-refractivity contribution in [3.8, 4) is 0 Å². The molecule has 0 bridgehead atoms. The second-order valence-electron chi connectivity index (χ2n) is 4.71. The Morgan fingerprint density at radius 3 is 2.76 bits per heavy atom. The molecule has 0 saturated heterocycles. The van der Waals surface area contributed by atoms with Gasteiger partial charge in [0.1, 0.15) is 11.5 Å². The standard InChI is InChI=1S/C16H18FN3O/c1-3-18-14-7-8-15(19-10-14)16(21)20-11(2)12-5-4-6-13(17)9-12/h4-11,18H,3H2,1-2H3,(H,20,21). The lowest BCUT2D eigenvalue weighted by Crippen LogP contribution is -2.27. The Labute approximate surface area is 123 Å². The van der Waals surface area contributed by atoms with Crippen molar-refractivity contribution in [3.05, 3.63) is 59.7 Å². The van der Waals surface area contributed by atoms with Gasteiger partial charge in [0.15, 0.2) is 0 Å². The molecule has 4 nitrogen and oxygen atoms in total. The number of carbonyl (C=O) groups is 1. The van der Waals surface area contributed by atoms with E-state index in [2.05, 4.69) is 15.6 Å². The maximum absolute atomic E-state index is 13.2. The molecule has 0 fully saturated rings. The van der Waals surface area contributed by atoms with E-state index in [1.54, 1.807) is 37.4 Å². The lowest BCUT2D eigenvalue weighted by Gasteiger charge is -2.14. The van der Waals surface area contributed by atoms with Gasteiger partial charge in [-0.2, -0.15) is 0 Å². The number of nitrogens with one attached hydrogen (secondary N) is 2. The van der Waals surface area contributed by atoms with Crippen LogP contribution in [0.2, 0.25) is 0 Å². The molecule has 110 valence electrons. The highest BCUT2D eigenvalue weighted by atomic mass is 19.1. The van der Waals surface area contributed by atoms with Crippen LogP contribution in [0.4, 0.5) is 10.1 Å². The molecule has 5 heteroatoms. The van der Waals surface area contributed by atoms with Crippen molar-refractivity contribution in [2.24, 2.45) is 0 Å². The van der Waals surface area contributed by atoms with Crippen LogP contribution in [-0.4, -0.2) is 17.4 Å². The highest BCUT2D eigenvalue weighted by Gasteiger charge is 2.12. The average Bonchev–Trinajstić information content (AvgIpc) is 2.48. The van der Waals surface area contributed by atoms with Crippen molar-refractivity contribution in [1.29, 1.82) is 0 Å². The van der Waals surface area contributed by atoms with Crippen LogP contribution in [0.1, 0.15) is 35.9 Å². The molecule has 1 aromatic heterocycles. The van der Waals surface area contributed by atoms with Crippen molar-refractivity contribution < 1.29 is 9.18 Å². The predicted octanol–water partition coefficient (Wildman–Crippen LogP) is 3.14. The molecule has 0 aliphatic rings. The van der Waals surface area contributed by atoms with Gasteiger partial charge in [0.2, 0.25) is 0 Å². The topological polar surface area (TPSA) is 54.0 Å². The summed E-state index contributed by atoms with van der Waals surface area (Å²) in [7, 11) is 0. The highest BCUT2D eigenvalue weighted by Crippen LogP contribution is 2.14. The third-order valence-corrected chi connectivity index (χ3v) is 3.07. The van der Waals surface area contributed by atoms with Gasteiger partial charge in [0.25, 0.3) is 5.91 Å². The molecule has 0 saturated carbocycles. The Hall–Kier alpha value is -2.43. The van der Waals surface area contributed by atoms with E-state index in [4.69, 9.17) is 0 Å². The zero-order valence-electron chi connectivity index (χ0n) is 12.1. The van der Waals surface area contributed by atoms with Gasteiger partial charge < -0.3 is 10.6 Å². The summed E-state index contributed by atoms with van der Waals surface area (Å²) in [5.41, 5.74) is 1.92. The third kappa shape index (κ3) is 4.02. The van der Waals surface area contributed by atoms with Gasteiger partial charge in [-0.25, -0.2) is 9.37 Å². The second-order valence-corrected chi connectivity index (χ2v) is 4.71. The number of carbonyl (C=O) groups excluding carboxylic acids is 1. The quantitative estimate of drug-likeness (QED) is 0.888. The molecule has 0 radical (unpaired) electrons. The molecule has 1 unspecified atom stereocenters. The predicted molar refractivity (Wildman–Crippen MR) is 80.7 cm³/mol. The monoisotopic (exact) mass is 287 g/mol. The number of pyridine rings is 1. The number of hydrogen-bond acceptors (Lipinski definition) is 3. The molecule has 0 spiro atoms. The molecule has 2 N–H and O–H groups in total. The van der Waals surface area contributed by atoms with Crippen molar-refractivity contribution in [2.75, 3.05) is 11.9 Å². The van der Waals surface area contributed by atoms with Crippen LogP contribution >= 0.6 is 0 Å². The van der Waals surface area contributed by atoms with E-state index >= 15 is 0 Å². The number of benzene rings is 1. The summed E-state index contributed by atoms with van der Waals surface area (Å²) in [6.07, 6.45) is 1.62. The second kappa shape index (κ2) is 6.83. The van der Waals surface area contributed by atoms with Gasteiger partial charge in [0, 0.05) is 6.54 Å². The van der Waals surface area contributed by atoms with Gasteiger partial charge in [0.05, 0.1) is 17.9 Å². The summed E-state index contributed by atoms with van der Waals surface area (Å²) in [6.45, 7) is 4.59. The SMILES string of the molecule is CCNc1ccc(C(=O)NC(C)c2cccc(F)c2)nc1. The van der Waals surface area contributed by atoms with Crippen LogP contribution in [0.3, 0.4) is 0 Å². The summed E-state index contributed by atoms with van der Waals surface area (Å²) in [5, 5.41) is 5.91. The number of nitrogens with zero attached hydrogens (tertiary/aromatic N) is 1. The molecular formula is C16H18FN3O. The van der Waals surface area contributed by atoms with Gasteiger partial charge >= 0.3 is 0 Å². The summed E-state index contributed by atoms with van der Waals surface area (Å²) in [6, 6.07) is 9.35. The maximum Gasteiger partial charge on any atom is 0.270 e. The van der Waals surface area contributed by atoms with Crippen molar-refractivity contribution in [2.45, 2.75) is 19.9 Å². The molecule has 0 aliphatic carbocycles. The lowest BCUT2D eigenvalue weighted by atomic mass is 10.1. The zero-order valence-corrected chi connectivity index (χ0v) is 12.1. The van der Waals surface area contributed by atoms with Gasteiger partial charge in [-0.3, -0.25) is 4.79 Å². The van der Waals surface area contributed by atoms with Gasteiger partial charge in [-0.1, -0.05) is 12.1 Å². The van der Waals surface area contributed by atoms with E-state index in [-0.39, 0.29) is 17.8 Å². The average molecular weight is 287 g/mol.